The summed E-state index contributed by atoms with van der Waals surface area (Å²) in [5, 5.41) is 4.39. The number of esters is 1. The Labute approximate surface area is 90.6 Å². The third kappa shape index (κ3) is 2.24. The summed E-state index contributed by atoms with van der Waals surface area (Å²) in [6.07, 6.45) is 1.67. The molecule has 78 valence electrons. The van der Waals surface area contributed by atoms with E-state index in [1.54, 1.807) is 22.8 Å². The summed E-state index contributed by atoms with van der Waals surface area (Å²) in [5.41, 5.74) is 1.31. The van der Waals surface area contributed by atoms with Gasteiger partial charge in [-0.2, -0.15) is 5.10 Å². The highest BCUT2D eigenvalue weighted by Gasteiger charge is 2.04. The predicted octanol–water partition coefficient (Wildman–Crippen LogP) is 1.45. The van der Waals surface area contributed by atoms with Crippen molar-refractivity contribution in [3.63, 3.8) is 0 Å². The van der Waals surface area contributed by atoms with Crippen molar-refractivity contribution in [3.05, 3.63) is 29.2 Å². The number of carbonyl (C=O) groups excluding carboxylic acids is 1. The van der Waals surface area contributed by atoms with E-state index >= 15 is 0 Å². The van der Waals surface area contributed by atoms with E-state index in [2.05, 4.69) is 10.1 Å². The molecular formula is C9H8ClN3O2. The van der Waals surface area contributed by atoms with Crippen molar-refractivity contribution in [2.75, 3.05) is 0 Å². The number of rotatable bonds is 2. The first-order valence-corrected chi connectivity index (χ1v) is 4.67. The zero-order valence-corrected chi connectivity index (χ0v) is 8.73. The monoisotopic (exact) mass is 225 g/mol. The summed E-state index contributed by atoms with van der Waals surface area (Å²) in [4.78, 5) is 14.8. The molecule has 0 bridgehead atoms. The van der Waals surface area contributed by atoms with Crippen LogP contribution in [-0.4, -0.2) is 20.6 Å². The second kappa shape index (κ2) is 3.86. The van der Waals surface area contributed by atoms with E-state index in [4.69, 9.17) is 16.3 Å². The van der Waals surface area contributed by atoms with Gasteiger partial charge >= 0.3 is 5.97 Å². The van der Waals surface area contributed by atoms with Crippen LogP contribution < -0.4 is 0 Å². The van der Waals surface area contributed by atoms with Crippen LogP contribution in [0.2, 0.25) is 5.15 Å². The number of imidazole rings is 1. The van der Waals surface area contributed by atoms with Gasteiger partial charge in [0.1, 0.15) is 11.8 Å². The Morgan fingerprint density at radius 2 is 2.40 bits per heavy atom. The van der Waals surface area contributed by atoms with Gasteiger partial charge in [-0.3, -0.25) is 4.79 Å². The highest BCUT2D eigenvalue weighted by atomic mass is 35.5. The van der Waals surface area contributed by atoms with Crippen molar-refractivity contribution in [3.8, 4) is 0 Å². The molecule has 0 atom stereocenters. The van der Waals surface area contributed by atoms with Crippen molar-refractivity contribution in [2.45, 2.75) is 13.5 Å². The Hall–Kier alpha value is -1.62. The minimum Gasteiger partial charge on any atom is -0.459 e. The summed E-state index contributed by atoms with van der Waals surface area (Å²) in [5.74, 6) is -0.335. The maximum absolute atomic E-state index is 10.6. The molecule has 0 amide bonds. The minimum absolute atomic E-state index is 0.149. The molecule has 0 fully saturated rings. The van der Waals surface area contributed by atoms with Crippen molar-refractivity contribution >= 4 is 23.2 Å². The van der Waals surface area contributed by atoms with Crippen LogP contribution in [0.4, 0.5) is 0 Å². The molecule has 0 aromatic carbocycles. The Balaban J connectivity index is 2.27. The molecule has 2 heterocycles. The first kappa shape index (κ1) is 9.92. The normalized spacial score (nSPS) is 10.5. The van der Waals surface area contributed by atoms with Gasteiger partial charge in [-0.1, -0.05) is 11.6 Å². The largest absolute Gasteiger partial charge is 0.459 e. The van der Waals surface area contributed by atoms with Crippen LogP contribution in [-0.2, 0) is 16.1 Å². The van der Waals surface area contributed by atoms with Gasteiger partial charge in [-0.05, 0) is 12.1 Å². The molecule has 0 radical (unpaired) electrons. The Kier molecular flexibility index (Phi) is 2.55. The van der Waals surface area contributed by atoms with Crippen LogP contribution in [0.15, 0.2) is 18.3 Å². The quantitative estimate of drug-likeness (QED) is 0.726. The van der Waals surface area contributed by atoms with E-state index in [1.807, 2.05) is 0 Å². The lowest BCUT2D eigenvalue weighted by molar-refractivity contribution is -0.142. The molecule has 15 heavy (non-hydrogen) atoms. The second-order valence-corrected chi connectivity index (χ2v) is 3.36. The lowest BCUT2D eigenvalue weighted by Crippen LogP contribution is -1.98. The second-order valence-electron chi connectivity index (χ2n) is 2.97. The number of nitrogens with zero attached hydrogens (tertiary/aromatic N) is 3. The number of aromatic nitrogens is 3. The zero-order valence-electron chi connectivity index (χ0n) is 7.98. The maximum Gasteiger partial charge on any atom is 0.303 e. The Morgan fingerprint density at radius 1 is 1.60 bits per heavy atom. The van der Waals surface area contributed by atoms with Gasteiger partial charge in [0, 0.05) is 6.92 Å². The van der Waals surface area contributed by atoms with E-state index in [1.165, 1.54) is 6.92 Å². The van der Waals surface area contributed by atoms with Crippen molar-refractivity contribution in [1.82, 2.24) is 14.6 Å². The van der Waals surface area contributed by atoms with Crippen molar-refractivity contribution < 1.29 is 9.53 Å². The SMILES string of the molecule is CC(=O)OCc1cn2nc(Cl)ccc2n1. The van der Waals surface area contributed by atoms with Crippen molar-refractivity contribution in [1.29, 1.82) is 0 Å². The van der Waals surface area contributed by atoms with E-state index < -0.39 is 0 Å². The Morgan fingerprint density at radius 3 is 3.13 bits per heavy atom. The molecule has 0 aliphatic carbocycles. The van der Waals surface area contributed by atoms with Gasteiger partial charge in [0.2, 0.25) is 0 Å². The molecule has 6 heteroatoms. The average Bonchev–Trinajstić information content (AvgIpc) is 2.56. The zero-order chi connectivity index (χ0) is 10.8. The molecule has 0 saturated carbocycles. The summed E-state index contributed by atoms with van der Waals surface area (Å²) in [6.45, 7) is 1.50. The smallest absolute Gasteiger partial charge is 0.303 e. The molecule has 2 aromatic heterocycles. The van der Waals surface area contributed by atoms with Gasteiger partial charge < -0.3 is 4.74 Å². The number of carbonyl (C=O) groups is 1. The number of fused-ring (bicyclic) bond motifs is 1. The standard InChI is InChI=1S/C9H8ClN3O2/c1-6(14)15-5-7-4-13-9(11-7)3-2-8(10)12-13/h2-4H,5H2,1H3. The van der Waals surface area contributed by atoms with Gasteiger partial charge in [-0.15, -0.1) is 0 Å². The fourth-order valence-corrected chi connectivity index (χ4v) is 1.30. The van der Waals surface area contributed by atoms with Crippen LogP contribution in [0.5, 0.6) is 0 Å². The predicted molar refractivity (Wildman–Crippen MR) is 53.5 cm³/mol. The number of hydrogen-bond donors (Lipinski definition) is 0. The van der Waals surface area contributed by atoms with Crippen LogP contribution in [0.25, 0.3) is 5.65 Å². The van der Waals surface area contributed by atoms with Crippen LogP contribution in [0, 0.1) is 0 Å². The molecule has 0 N–H and O–H groups in total. The summed E-state index contributed by atoms with van der Waals surface area (Å²) >= 11 is 5.71. The van der Waals surface area contributed by atoms with Gasteiger partial charge in [0.15, 0.2) is 5.65 Å². The van der Waals surface area contributed by atoms with Crippen molar-refractivity contribution in [2.24, 2.45) is 0 Å². The highest BCUT2D eigenvalue weighted by molar-refractivity contribution is 6.29. The maximum atomic E-state index is 10.6. The first-order chi connectivity index (χ1) is 7.15. The van der Waals surface area contributed by atoms with Gasteiger partial charge in [0.25, 0.3) is 0 Å². The number of halogens is 1. The molecule has 0 aliphatic heterocycles. The summed E-state index contributed by atoms with van der Waals surface area (Å²) in [7, 11) is 0. The molecule has 5 nitrogen and oxygen atoms in total. The van der Waals surface area contributed by atoms with Gasteiger partial charge in [-0.25, -0.2) is 9.50 Å². The summed E-state index contributed by atoms with van der Waals surface area (Å²) in [6, 6.07) is 3.39. The topological polar surface area (TPSA) is 56.5 Å². The van der Waals surface area contributed by atoms with E-state index in [0.29, 0.717) is 16.5 Å². The van der Waals surface area contributed by atoms with E-state index in [0.717, 1.165) is 0 Å². The third-order valence-corrected chi connectivity index (χ3v) is 1.96. The fraction of sp³-hybridized carbons (Fsp3) is 0.222. The number of hydrogen-bond acceptors (Lipinski definition) is 4. The lowest BCUT2D eigenvalue weighted by Gasteiger charge is -1.95. The molecule has 0 unspecified atom stereocenters. The Bertz CT molecular complexity index is 509. The molecule has 2 aromatic rings. The number of ether oxygens (including phenoxy) is 1. The average molecular weight is 226 g/mol. The molecule has 2 rings (SSSR count). The first-order valence-electron chi connectivity index (χ1n) is 4.29. The molecule has 0 aliphatic rings. The van der Waals surface area contributed by atoms with Crippen LogP contribution in [0.1, 0.15) is 12.6 Å². The molecular weight excluding hydrogens is 218 g/mol. The molecule has 0 saturated heterocycles. The fourth-order valence-electron chi connectivity index (χ4n) is 1.15. The van der Waals surface area contributed by atoms with E-state index in [-0.39, 0.29) is 12.6 Å². The summed E-state index contributed by atoms with van der Waals surface area (Å²) < 4.78 is 6.36. The minimum atomic E-state index is -0.335. The third-order valence-electron chi connectivity index (χ3n) is 1.76. The van der Waals surface area contributed by atoms with Crippen LogP contribution >= 0.6 is 11.6 Å². The van der Waals surface area contributed by atoms with E-state index in [9.17, 15) is 4.79 Å². The van der Waals surface area contributed by atoms with Crippen LogP contribution in [0.3, 0.4) is 0 Å². The lowest BCUT2D eigenvalue weighted by atomic mass is 10.5. The highest BCUT2D eigenvalue weighted by Crippen LogP contribution is 2.08. The molecule has 0 spiro atoms. The van der Waals surface area contributed by atoms with Gasteiger partial charge in [0.05, 0.1) is 11.9 Å².